The summed E-state index contributed by atoms with van der Waals surface area (Å²) in [7, 11) is 0. The zero-order valence-electron chi connectivity index (χ0n) is 28.0. The van der Waals surface area contributed by atoms with Crippen LogP contribution in [0.5, 0.6) is 0 Å². The molecule has 9 aromatic rings. The van der Waals surface area contributed by atoms with Gasteiger partial charge in [0.15, 0.2) is 5.82 Å². The van der Waals surface area contributed by atoms with Crippen molar-refractivity contribution in [1.82, 2.24) is 9.97 Å². The lowest BCUT2D eigenvalue weighted by atomic mass is 9.74. The second kappa shape index (κ2) is 11.7. The number of thiophene rings is 1. The van der Waals surface area contributed by atoms with Crippen LogP contribution in [0.25, 0.3) is 76.3 Å². The van der Waals surface area contributed by atoms with E-state index in [-0.39, 0.29) is 5.41 Å². The third-order valence-electron chi connectivity index (χ3n) is 10.6. The summed E-state index contributed by atoms with van der Waals surface area (Å²) < 4.78 is 2.60. The van der Waals surface area contributed by atoms with E-state index in [1.807, 2.05) is 29.5 Å². The van der Waals surface area contributed by atoms with Crippen molar-refractivity contribution in [2.45, 2.75) is 12.3 Å². The van der Waals surface area contributed by atoms with Crippen LogP contribution in [0.15, 0.2) is 176 Å². The molecule has 0 spiro atoms. The molecule has 0 aliphatic heterocycles. The van der Waals surface area contributed by atoms with Gasteiger partial charge in [-0.05, 0) is 52.4 Å². The SMILES string of the molecule is CC1(c2ccc(-c3cc(-c4ccccc4-c4cccc5c4sc4ccccc45)nc(-c4ccccc4)n3)cc2)c2ccccc2-c2ccccc21. The number of nitrogens with zero attached hydrogens (tertiary/aromatic N) is 2. The maximum atomic E-state index is 5.24. The third-order valence-corrected chi connectivity index (χ3v) is 11.9. The van der Waals surface area contributed by atoms with E-state index in [9.17, 15) is 0 Å². The van der Waals surface area contributed by atoms with Crippen molar-refractivity contribution in [3.63, 3.8) is 0 Å². The van der Waals surface area contributed by atoms with Gasteiger partial charge in [-0.3, -0.25) is 0 Å². The molecule has 0 saturated carbocycles. The molecule has 7 aromatic carbocycles. The molecule has 0 unspecified atom stereocenters. The Morgan fingerprint density at radius 2 is 1.00 bits per heavy atom. The second-order valence-corrected chi connectivity index (χ2v) is 14.5. The van der Waals surface area contributed by atoms with Gasteiger partial charge >= 0.3 is 0 Å². The van der Waals surface area contributed by atoms with Gasteiger partial charge in [0.1, 0.15) is 0 Å². The molecule has 2 heterocycles. The van der Waals surface area contributed by atoms with Gasteiger partial charge in [-0.25, -0.2) is 9.97 Å². The fourth-order valence-corrected chi connectivity index (χ4v) is 9.32. The van der Waals surface area contributed by atoms with Crippen molar-refractivity contribution < 1.29 is 0 Å². The van der Waals surface area contributed by atoms with Crippen molar-refractivity contribution in [2.24, 2.45) is 0 Å². The standard InChI is InChI=1S/C48H32N2S/c1-48(41-23-10-7-17-35(41)36-18-8-11-24-42(36)48)33-28-26-31(27-29-33)43-30-44(50-47(49-43)32-14-3-2-4-15-32)37-19-6-5-16-34(37)39-21-13-22-40-38-20-9-12-25-45(38)51-46(39)40/h2-30H,1H3. The van der Waals surface area contributed by atoms with E-state index in [0.717, 1.165) is 28.1 Å². The molecule has 51 heavy (non-hydrogen) atoms. The molecule has 0 atom stereocenters. The van der Waals surface area contributed by atoms with E-state index in [0.29, 0.717) is 5.82 Å². The van der Waals surface area contributed by atoms with Crippen LogP contribution in [-0.4, -0.2) is 9.97 Å². The van der Waals surface area contributed by atoms with Gasteiger partial charge in [0.05, 0.1) is 11.4 Å². The molecule has 0 amide bonds. The highest BCUT2D eigenvalue weighted by Crippen LogP contribution is 2.52. The second-order valence-electron chi connectivity index (χ2n) is 13.4. The Morgan fingerprint density at radius 1 is 0.431 bits per heavy atom. The summed E-state index contributed by atoms with van der Waals surface area (Å²) in [6, 6.07) is 63.2. The number of aromatic nitrogens is 2. The van der Waals surface area contributed by atoms with E-state index in [2.05, 4.69) is 165 Å². The average Bonchev–Trinajstić information content (AvgIpc) is 3.72. The molecular formula is C48H32N2S. The number of rotatable bonds is 5. The molecule has 3 heteroatoms. The van der Waals surface area contributed by atoms with E-state index in [4.69, 9.17) is 9.97 Å². The highest BCUT2D eigenvalue weighted by Gasteiger charge is 2.40. The normalized spacial score (nSPS) is 13.0. The van der Waals surface area contributed by atoms with Crippen molar-refractivity contribution in [3.05, 3.63) is 193 Å². The van der Waals surface area contributed by atoms with Crippen LogP contribution in [0.1, 0.15) is 23.6 Å². The number of hydrogen-bond acceptors (Lipinski definition) is 3. The zero-order valence-corrected chi connectivity index (χ0v) is 28.9. The molecule has 0 fully saturated rings. The van der Waals surface area contributed by atoms with Crippen LogP contribution < -0.4 is 0 Å². The first-order valence-corrected chi connectivity index (χ1v) is 18.2. The molecule has 1 aliphatic rings. The van der Waals surface area contributed by atoms with Gasteiger partial charge in [0, 0.05) is 47.8 Å². The lowest BCUT2D eigenvalue weighted by Crippen LogP contribution is -2.22. The van der Waals surface area contributed by atoms with Crippen LogP contribution in [-0.2, 0) is 5.41 Å². The van der Waals surface area contributed by atoms with Crippen molar-refractivity contribution in [3.8, 4) is 56.2 Å². The van der Waals surface area contributed by atoms with Crippen molar-refractivity contribution >= 4 is 31.5 Å². The summed E-state index contributed by atoms with van der Waals surface area (Å²) >= 11 is 1.86. The quantitative estimate of drug-likeness (QED) is 0.182. The molecule has 0 saturated heterocycles. The maximum Gasteiger partial charge on any atom is 0.160 e. The van der Waals surface area contributed by atoms with Crippen LogP contribution in [0.3, 0.4) is 0 Å². The Balaban J connectivity index is 1.12. The first-order valence-electron chi connectivity index (χ1n) is 17.4. The van der Waals surface area contributed by atoms with Gasteiger partial charge < -0.3 is 0 Å². The fraction of sp³-hybridized carbons (Fsp3) is 0.0417. The summed E-state index contributed by atoms with van der Waals surface area (Å²) in [4.78, 5) is 10.4. The largest absolute Gasteiger partial charge is 0.228 e. The van der Waals surface area contributed by atoms with Gasteiger partial charge in [-0.15, -0.1) is 11.3 Å². The Kier molecular flexibility index (Phi) is 6.83. The zero-order chi connectivity index (χ0) is 33.9. The Morgan fingerprint density at radius 3 is 1.75 bits per heavy atom. The first-order chi connectivity index (χ1) is 25.2. The molecule has 2 aromatic heterocycles. The number of benzene rings is 7. The molecule has 1 aliphatic carbocycles. The molecule has 0 N–H and O–H groups in total. The smallest absolute Gasteiger partial charge is 0.160 e. The van der Waals surface area contributed by atoms with Crippen LogP contribution in [0, 0.1) is 0 Å². The topological polar surface area (TPSA) is 25.8 Å². The molecule has 2 nitrogen and oxygen atoms in total. The van der Waals surface area contributed by atoms with Crippen LogP contribution in [0.4, 0.5) is 0 Å². The third kappa shape index (κ3) is 4.70. The molecule has 0 bridgehead atoms. The maximum absolute atomic E-state index is 5.24. The van der Waals surface area contributed by atoms with Crippen molar-refractivity contribution in [1.29, 1.82) is 0 Å². The summed E-state index contributed by atoms with van der Waals surface area (Å²) in [5.74, 6) is 0.715. The Bertz CT molecular complexity index is 2710. The van der Waals surface area contributed by atoms with Gasteiger partial charge in [0.2, 0.25) is 0 Å². The van der Waals surface area contributed by atoms with Gasteiger partial charge in [0.25, 0.3) is 0 Å². The molecular weight excluding hydrogens is 637 g/mol. The van der Waals surface area contributed by atoms with Gasteiger partial charge in [-0.2, -0.15) is 0 Å². The van der Waals surface area contributed by atoms with E-state index in [1.165, 1.54) is 59.1 Å². The van der Waals surface area contributed by atoms with Gasteiger partial charge in [-0.1, -0.05) is 164 Å². The predicted octanol–water partition coefficient (Wildman–Crippen LogP) is 12.8. The number of hydrogen-bond donors (Lipinski definition) is 0. The highest BCUT2D eigenvalue weighted by molar-refractivity contribution is 7.26. The number of fused-ring (bicyclic) bond motifs is 6. The first kappa shape index (κ1) is 29.7. The minimum Gasteiger partial charge on any atom is -0.228 e. The summed E-state index contributed by atoms with van der Waals surface area (Å²) in [6.45, 7) is 2.36. The summed E-state index contributed by atoms with van der Waals surface area (Å²) in [5, 5.41) is 2.59. The average molecular weight is 669 g/mol. The lowest BCUT2D eigenvalue weighted by molar-refractivity contribution is 0.714. The molecule has 0 radical (unpaired) electrons. The minimum absolute atomic E-state index is 0.246. The monoisotopic (exact) mass is 668 g/mol. The summed E-state index contributed by atoms with van der Waals surface area (Å²) in [5.41, 5.74) is 13.7. The Hall–Kier alpha value is -6.16. The minimum atomic E-state index is -0.246. The lowest BCUT2D eigenvalue weighted by Gasteiger charge is -2.28. The highest BCUT2D eigenvalue weighted by atomic mass is 32.1. The fourth-order valence-electron chi connectivity index (χ4n) is 8.09. The van der Waals surface area contributed by atoms with E-state index < -0.39 is 0 Å². The predicted molar refractivity (Wildman–Crippen MR) is 214 cm³/mol. The Labute approximate surface area is 301 Å². The van der Waals surface area contributed by atoms with Crippen molar-refractivity contribution in [2.75, 3.05) is 0 Å². The van der Waals surface area contributed by atoms with E-state index >= 15 is 0 Å². The summed E-state index contributed by atoms with van der Waals surface area (Å²) in [6.07, 6.45) is 0. The molecule has 10 rings (SSSR count). The van der Waals surface area contributed by atoms with Crippen LogP contribution in [0.2, 0.25) is 0 Å². The van der Waals surface area contributed by atoms with Crippen LogP contribution >= 0.6 is 11.3 Å². The van der Waals surface area contributed by atoms with E-state index in [1.54, 1.807) is 0 Å². The molecule has 240 valence electrons.